The molecule has 1 aliphatic rings. The van der Waals surface area contributed by atoms with Crippen LogP contribution in [-0.4, -0.2) is 22.0 Å². The quantitative estimate of drug-likeness (QED) is 0.738. The number of carbonyl (C=O) groups excluding carboxylic acids is 2. The van der Waals surface area contributed by atoms with Gasteiger partial charge in [0.15, 0.2) is 0 Å². The first kappa shape index (κ1) is 17.5. The largest absolute Gasteiger partial charge is 0.326 e. The molecule has 0 spiro atoms. The summed E-state index contributed by atoms with van der Waals surface area (Å²) in [5, 5.41) is 5.65. The monoisotopic (exact) mass is 355 g/mol. The lowest BCUT2D eigenvalue weighted by molar-refractivity contribution is -0.117. The number of hydrogen-bond acceptors (Lipinski definition) is 4. The number of benzene rings is 1. The average Bonchev–Trinajstić information content (AvgIpc) is 3.46. The molecule has 1 aliphatic carbocycles. The number of hydrogen-bond donors (Lipinski definition) is 2. The molecule has 5 nitrogen and oxygen atoms in total. The molecule has 6 heteroatoms. The van der Waals surface area contributed by atoms with Gasteiger partial charge in [0.1, 0.15) is 0 Å². The summed E-state index contributed by atoms with van der Waals surface area (Å²) in [6.45, 7) is 1.99. The number of carbonyl (C=O) groups is 2. The van der Waals surface area contributed by atoms with Gasteiger partial charge in [0.2, 0.25) is 11.8 Å². The van der Waals surface area contributed by atoms with Crippen LogP contribution in [0.4, 0.5) is 11.4 Å². The van der Waals surface area contributed by atoms with Crippen molar-refractivity contribution in [3.63, 3.8) is 0 Å². The fraction of sp³-hybridized carbons (Fsp3) is 0.316. The van der Waals surface area contributed by atoms with E-state index in [2.05, 4.69) is 15.6 Å². The van der Waals surface area contributed by atoms with Crippen LogP contribution in [0, 0.1) is 5.92 Å². The SMILES string of the molecule is CCC(Sc1cccc(NC(=O)C2CC2)c1)C(=O)Nc1ccncc1. The Balaban J connectivity index is 1.62. The molecule has 25 heavy (non-hydrogen) atoms. The van der Waals surface area contributed by atoms with E-state index in [1.54, 1.807) is 24.5 Å². The second-order valence-corrected chi connectivity index (χ2v) is 7.31. The van der Waals surface area contributed by atoms with Gasteiger partial charge in [-0.25, -0.2) is 0 Å². The number of anilines is 2. The first-order valence-corrected chi connectivity index (χ1v) is 9.32. The molecule has 1 fully saturated rings. The predicted molar refractivity (Wildman–Crippen MR) is 101 cm³/mol. The van der Waals surface area contributed by atoms with E-state index in [0.29, 0.717) is 6.42 Å². The zero-order valence-corrected chi connectivity index (χ0v) is 14.9. The zero-order valence-electron chi connectivity index (χ0n) is 14.1. The van der Waals surface area contributed by atoms with Crippen LogP contribution in [-0.2, 0) is 9.59 Å². The van der Waals surface area contributed by atoms with Crippen molar-refractivity contribution in [2.24, 2.45) is 5.92 Å². The van der Waals surface area contributed by atoms with E-state index in [-0.39, 0.29) is 23.0 Å². The van der Waals surface area contributed by atoms with Crippen LogP contribution >= 0.6 is 11.8 Å². The summed E-state index contributed by atoms with van der Waals surface area (Å²) in [6, 6.07) is 11.2. The van der Waals surface area contributed by atoms with E-state index >= 15 is 0 Å². The Hall–Kier alpha value is -2.34. The summed E-state index contributed by atoms with van der Waals surface area (Å²) in [7, 11) is 0. The van der Waals surface area contributed by atoms with Crippen molar-refractivity contribution < 1.29 is 9.59 Å². The molecular formula is C19H21N3O2S. The Bertz CT molecular complexity index is 747. The fourth-order valence-electron chi connectivity index (χ4n) is 2.38. The minimum atomic E-state index is -0.206. The van der Waals surface area contributed by atoms with Crippen LogP contribution in [0.25, 0.3) is 0 Å². The van der Waals surface area contributed by atoms with Gasteiger partial charge in [-0.3, -0.25) is 14.6 Å². The van der Waals surface area contributed by atoms with Gasteiger partial charge in [-0.2, -0.15) is 0 Å². The zero-order chi connectivity index (χ0) is 17.6. The fourth-order valence-corrected chi connectivity index (χ4v) is 3.39. The topological polar surface area (TPSA) is 71.1 Å². The summed E-state index contributed by atoms with van der Waals surface area (Å²) >= 11 is 1.50. The molecule has 0 saturated heterocycles. The summed E-state index contributed by atoms with van der Waals surface area (Å²) in [4.78, 5) is 29.3. The third kappa shape index (κ3) is 5.06. The summed E-state index contributed by atoms with van der Waals surface area (Å²) in [6.07, 6.45) is 5.96. The van der Waals surface area contributed by atoms with Gasteiger partial charge < -0.3 is 10.6 Å². The molecule has 0 radical (unpaired) electrons. The van der Waals surface area contributed by atoms with Crippen LogP contribution in [0.15, 0.2) is 53.7 Å². The van der Waals surface area contributed by atoms with Crippen LogP contribution in [0.2, 0.25) is 0 Å². The van der Waals surface area contributed by atoms with Gasteiger partial charge in [0, 0.05) is 34.6 Å². The van der Waals surface area contributed by atoms with Crippen LogP contribution < -0.4 is 10.6 Å². The van der Waals surface area contributed by atoms with Gasteiger partial charge in [-0.1, -0.05) is 13.0 Å². The average molecular weight is 355 g/mol. The number of pyridine rings is 1. The van der Waals surface area contributed by atoms with E-state index in [4.69, 9.17) is 0 Å². The molecule has 1 heterocycles. The molecule has 2 aromatic rings. The molecule has 1 aromatic heterocycles. The first-order valence-electron chi connectivity index (χ1n) is 8.44. The molecule has 0 bridgehead atoms. The minimum absolute atomic E-state index is 0.0360. The molecule has 2 amide bonds. The van der Waals surface area contributed by atoms with Gasteiger partial charge in [-0.05, 0) is 49.6 Å². The van der Waals surface area contributed by atoms with Crippen molar-refractivity contribution in [1.29, 1.82) is 0 Å². The first-order chi connectivity index (χ1) is 12.2. The van der Waals surface area contributed by atoms with E-state index in [1.165, 1.54) is 11.8 Å². The van der Waals surface area contributed by atoms with Gasteiger partial charge in [0.25, 0.3) is 0 Å². The van der Waals surface area contributed by atoms with E-state index < -0.39 is 0 Å². The second-order valence-electron chi connectivity index (χ2n) is 6.03. The van der Waals surface area contributed by atoms with Crippen molar-refractivity contribution in [1.82, 2.24) is 4.98 Å². The molecule has 130 valence electrons. The lowest BCUT2D eigenvalue weighted by Gasteiger charge is -2.15. The number of amides is 2. The molecule has 1 unspecified atom stereocenters. The summed E-state index contributed by atoms with van der Waals surface area (Å²) in [5.74, 6) is 0.224. The molecule has 0 aliphatic heterocycles. The van der Waals surface area contributed by atoms with Crippen molar-refractivity contribution >= 4 is 35.0 Å². The predicted octanol–water partition coefficient (Wildman–Crippen LogP) is 3.94. The van der Waals surface area contributed by atoms with Crippen molar-refractivity contribution in [3.05, 3.63) is 48.8 Å². The molecule has 3 rings (SSSR count). The standard InChI is InChI=1S/C19H21N3O2S/c1-2-17(19(24)21-14-8-10-20-11-9-14)25-16-5-3-4-15(12-16)22-18(23)13-6-7-13/h3-5,8-13,17H,2,6-7H2,1H3,(H,22,23)(H,20,21,24). The van der Waals surface area contributed by atoms with E-state index in [0.717, 1.165) is 29.1 Å². The van der Waals surface area contributed by atoms with E-state index in [9.17, 15) is 9.59 Å². The normalized spacial score (nSPS) is 14.6. The lowest BCUT2D eigenvalue weighted by Crippen LogP contribution is -2.24. The highest BCUT2D eigenvalue weighted by molar-refractivity contribution is 8.00. The molecule has 1 aromatic carbocycles. The molecule has 1 saturated carbocycles. The highest BCUT2D eigenvalue weighted by atomic mass is 32.2. The van der Waals surface area contributed by atoms with Crippen LogP contribution in [0.1, 0.15) is 26.2 Å². The Morgan fingerprint density at radius 1 is 1.16 bits per heavy atom. The smallest absolute Gasteiger partial charge is 0.237 e. The molecule has 2 N–H and O–H groups in total. The number of aromatic nitrogens is 1. The summed E-state index contributed by atoms with van der Waals surface area (Å²) in [5.41, 5.74) is 1.52. The minimum Gasteiger partial charge on any atom is -0.326 e. The maximum Gasteiger partial charge on any atom is 0.237 e. The Kier molecular flexibility index (Phi) is 5.71. The van der Waals surface area contributed by atoms with Crippen LogP contribution in [0.5, 0.6) is 0 Å². The number of rotatable bonds is 7. The summed E-state index contributed by atoms with van der Waals surface area (Å²) < 4.78 is 0. The Morgan fingerprint density at radius 3 is 2.60 bits per heavy atom. The van der Waals surface area contributed by atoms with E-state index in [1.807, 2.05) is 31.2 Å². The number of nitrogens with one attached hydrogen (secondary N) is 2. The van der Waals surface area contributed by atoms with Crippen molar-refractivity contribution in [3.8, 4) is 0 Å². The van der Waals surface area contributed by atoms with Crippen molar-refractivity contribution in [2.45, 2.75) is 36.3 Å². The second kappa shape index (κ2) is 8.16. The maximum absolute atomic E-state index is 12.5. The highest BCUT2D eigenvalue weighted by Gasteiger charge is 2.29. The lowest BCUT2D eigenvalue weighted by atomic mass is 10.3. The third-order valence-electron chi connectivity index (χ3n) is 3.94. The third-order valence-corrected chi connectivity index (χ3v) is 5.30. The van der Waals surface area contributed by atoms with Crippen molar-refractivity contribution in [2.75, 3.05) is 10.6 Å². The number of thioether (sulfide) groups is 1. The number of nitrogens with zero attached hydrogens (tertiary/aromatic N) is 1. The van der Waals surface area contributed by atoms with Gasteiger partial charge in [0.05, 0.1) is 5.25 Å². The van der Waals surface area contributed by atoms with Gasteiger partial charge >= 0.3 is 0 Å². The molecule has 1 atom stereocenters. The Labute approximate surface area is 151 Å². The van der Waals surface area contributed by atoms with Gasteiger partial charge in [-0.15, -0.1) is 11.8 Å². The molecular weight excluding hydrogens is 334 g/mol. The Morgan fingerprint density at radius 2 is 1.92 bits per heavy atom. The van der Waals surface area contributed by atoms with Crippen LogP contribution in [0.3, 0.4) is 0 Å². The maximum atomic E-state index is 12.5. The highest BCUT2D eigenvalue weighted by Crippen LogP contribution is 2.32.